The molecule has 0 bridgehead atoms. The second-order valence-corrected chi connectivity index (χ2v) is 4.16. The van der Waals surface area contributed by atoms with Crippen LogP contribution in [-0.4, -0.2) is 23.6 Å². The van der Waals surface area contributed by atoms with Gasteiger partial charge < -0.3 is 15.8 Å². The molecule has 5 heteroatoms. The van der Waals surface area contributed by atoms with E-state index in [0.717, 1.165) is 18.9 Å². The number of rotatable bonds is 6. The van der Waals surface area contributed by atoms with Crippen molar-refractivity contribution >= 4 is 11.5 Å². The summed E-state index contributed by atoms with van der Waals surface area (Å²) >= 11 is 0. The van der Waals surface area contributed by atoms with Gasteiger partial charge in [-0.1, -0.05) is 12.8 Å². The molecule has 1 aromatic rings. The standard InChI is InChI=1S/C11H18N4O/c1-16-11-9(12)10(14-7-15-11)13-6-2-3-8-4-5-8/h7-8H,2-6,12H2,1H3,(H,13,14,15). The average Bonchev–Trinajstić information content (AvgIpc) is 3.10. The van der Waals surface area contributed by atoms with Crippen LogP contribution < -0.4 is 15.8 Å². The van der Waals surface area contributed by atoms with Crippen LogP contribution in [0.2, 0.25) is 0 Å². The highest BCUT2D eigenvalue weighted by Crippen LogP contribution is 2.33. The molecule has 0 spiro atoms. The van der Waals surface area contributed by atoms with Gasteiger partial charge in [0.1, 0.15) is 12.0 Å². The van der Waals surface area contributed by atoms with E-state index in [1.54, 1.807) is 7.11 Å². The van der Waals surface area contributed by atoms with Crippen LogP contribution in [0.4, 0.5) is 11.5 Å². The third kappa shape index (κ3) is 2.74. The summed E-state index contributed by atoms with van der Waals surface area (Å²) in [5.41, 5.74) is 6.32. The van der Waals surface area contributed by atoms with E-state index in [1.807, 2.05) is 0 Å². The molecular weight excluding hydrogens is 204 g/mol. The lowest BCUT2D eigenvalue weighted by molar-refractivity contribution is 0.399. The Morgan fingerprint density at radius 1 is 1.50 bits per heavy atom. The second kappa shape index (κ2) is 5.01. The lowest BCUT2D eigenvalue weighted by Gasteiger charge is -2.09. The van der Waals surface area contributed by atoms with Crippen LogP contribution in [0.15, 0.2) is 6.33 Å². The number of nitrogens with one attached hydrogen (secondary N) is 1. The zero-order valence-electron chi connectivity index (χ0n) is 9.57. The molecule has 1 aromatic heterocycles. The van der Waals surface area contributed by atoms with Gasteiger partial charge in [-0.2, -0.15) is 4.98 Å². The van der Waals surface area contributed by atoms with Crippen molar-refractivity contribution in [1.82, 2.24) is 9.97 Å². The molecule has 1 aliphatic carbocycles. The number of nitrogens with zero attached hydrogens (tertiary/aromatic N) is 2. The maximum atomic E-state index is 5.84. The van der Waals surface area contributed by atoms with Crippen LogP contribution >= 0.6 is 0 Å². The van der Waals surface area contributed by atoms with Gasteiger partial charge in [0.25, 0.3) is 0 Å². The Kier molecular flexibility index (Phi) is 3.44. The number of nitrogens with two attached hydrogens (primary N) is 1. The molecule has 1 heterocycles. The summed E-state index contributed by atoms with van der Waals surface area (Å²) in [6, 6.07) is 0. The molecule has 0 aliphatic heterocycles. The van der Waals surface area contributed by atoms with E-state index >= 15 is 0 Å². The minimum Gasteiger partial charge on any atom is -0.479 e. The van der Waals surface area contributed by atoms with Crippen molar-refractivity contribution in [3.05, 3.63) is 6.33 Å². The van der Waals surface area contributed by atoms with Crippen LogP contribution in [0.3, 0.4) is 0 Å². The zero-order valence-corrected chi connectivity index (χ0v) is 9.57. The van der Waals surface area contributed by atoms with Crippen LogP contribution in [0.25, 0.3) is 0 Å². The highest BCUT2D eigenvalue weighted by Gasteiger charge is 2.20. The number of ether oxygens (including phenoxy) is 1. The summed E-state index contributed by atoms with van der Waals surface area (Å²) in [6.45, 7) is 0.904. The Bertz CT molecular complexity index is 352. The summed E-state index contributed by atoms with van der Waals surface area (Å²) in [4.78, 5) is 8.02. The molecule has 5 nitrogen and oxygen atoms in total. The predicted octanol–water partition coefficient (Wildman–Crippen LogP) is 1.67. The summed E-state index contributed by atoms with van der Waals surface area (Å²) < 4.78 is 5.02. The molecule has 1 saturated carbocycles. The maximum Gasteiger partial charge on any atom is 0.242 e. The van der Waals surface area contributed by atoms with Gasteiger partial charge >= 0.3 is 0 Å². The van der Waals surface area contributed by atoms with Gasteiger partial charge in [-0.15, -0.1) is 0 Å². The van der Waals surface area contributed by atoms with Gasteiger partial charge in [0, 0.05) is 6.54 Å². The highest BCUT2D eigenvalue weighted by molar-refractivity contribution is 5.66. The van der Waals surface area contributed by atoms with Crippen LogP contribution in [0, 0.1) is 5.92 Å². The first-order valence-corrected chi connectivity index (χ1v) is 5.69. The number of anilines is 2. The second-order valence-electron chi connectivity index (χ2n) is 4.16. The highest BCUT2D eigenvalue weighted by atomic mass is 16.5. The summed E-state index contributed by atoms with van der Waals surface area (Å²) in [5, 5.41) is 3.21. The summed E-state index contributed by atoms with van der Waals surface area (Å²) in [7, 11) is 1.55. The minimum atomic E-state index is 0.430. The maximum absolute atomic E-state index is 5.84. The van der Waals surface area contributed by atoms with Gasteiger partial charge in [0.05, 0.1) is 7.11 Å². The first-order valence-electron chi connectivity index (χ1n) is 5.69. The van der Waals surface area contributed by atoms with E-state index in [9.17, 15) is 0 Å². The number of hydrogen-bond acceptors (Lipinski definition) is 5. The van der Waals surface area contributed by atoms with Crippen LogP contribution in [0.1, 0.15) is 25.7 Å². The molecule has 16 heavy (non-hydrogen) atoms. The van der Waals surface area contributed by atoms with Crippen molar-refractivity contribution in [1.29, 1.82) is 0 Å². The third-order valence-electron chi connectivity index (χ3n) is 2.82. The first kappa shape index (κ1) is 11.0. The molecule has 3 N–H and O–H groups in total. The Balaban J connectivity index is 1.82. The molecule has 0 saturated heterocycles. The van der Waals surface area contributed by atoms with Gasteiger partial charge in [0.15, 0.2) is 5.82 Å². The zero-order chi connectivity index (χ0) is 11.4. The predicted molar refractivity (Wildman–Crippen MR) is 63.4 cm³/mol. The molecule has 1 aliphatic rings. The van der Waals surface area contributed by atoms with E-state index in [2.05, 4.69) is 15.3 Å². The molecule has 0 amide bonds. The Hall–Kier alpha value is -1.52. The van der Waals surface area contributed by atoms with Crippen molar-refractivity contribution in [2.24, 2.45) is 5.92 Å². The average molecular weight is 222 g/mol. The van der Waals surface area contributed by atoms with E-state index in [4.69, 9.17) is 10.5 Å². The molecule has 2 rings (SSSR count). The fourth-order valence-electron chi connectivity index (χ4n) is 1.69. The van der Waals surface area contributed by atoms with E-state index in [0.29, 0.717) is 17.4 Å². The van der Waals surface area contributed by atoms with Crippen LogP contribution in [-0.2, 0) is 0 Å². The molecule has 0 aromatic carbocycles. The number of methoxy groups -OCH3 is 1. The Labute approximate surface area is 95.4 Å². The van der Waals surface area contributed by atoms with Crippen LogP contribution in [0.5, 0.6) is 5.88 Å². The molecule has 0 atom stereocenters. The van der Waals surface area contributed by atoms with Crippen molar-refractivity contribution in [3.63, 3.8) is 0 Å². The molecule has 0 unspecified atom stereocenters. The minimum absolute atomic E-state index is 0.430. The normalized spacial score (nSPS) is 14.8. The number of hydrogen-bond donors (Lipinski definition) is 2. The van der Waals surface area contributed by atoms with Crippen molar-refractivity contribution in [3.8, 4) is 5.88 Å². The van der Waals surface area contributed by atoms with E-state index in [-0.39, 0.29) is 0 Å². The van der Waals surface area contributed by atoms with Crippen molar-refractivity contribution in [2.75, 3.05) is 24.7 Å². The Morgan fingerprint density at radius 2 is 2.31 bits per heavy atom. The van der Waals surface area contributed by atoms with E-state index < -0.39 is 0 Å². The third-order valence-corrected chi connectivity index (χ3v) is 2.82. The lowest BCUT2D eigenvalue weighted by atomic mass is 10.2. The van der Waals surface area contributed by atoms with Crippen molar-refractivity contribution < 1.29 is 4.74 Å². The molecular formula is C11H18N4O. The fraction of sp³-hybridized carbons (Fsp3) is 0.636. The first-order chi connectivity index (χ1) is 7.81. The smallest absolute Gasteiger partial charge is 0.242 e. The van der Waals surface area contributed by atoms with E-state index in [1.165, 1.54) is 25.6 Å². The molecule has 88 valence electrons. The number of nitrogen functional groups attached to an aromatic ring is 1. The van der Waals surface area contributed by atoms with Gasteiger partial charge in [-0.25, -0.2) is 4.98 Å². The summed E-state index contributed by atoms with van der Waals surface area (Å²) in [6.07, 6.45) is 6.73. The largest absolute Gasteiger partial charge is 0.479 e. The van der Waals surface area contributed by atoms with Gasteiger partial charge in [0.2, 0.25) is 5.88 Å². The fourth-order valence-corrected chi connectivity index (χ4v) is 1.69. The van der Waals surface area contributed by atoms with Gasteiger partial charge in [-0.3, -0.25) is 0 Å². The van der Waals surface area contributed by atoms with Crippen molar-refractivity contribution in [2.45, 2.75) is 25.7 Å². The molecule has 1 fully saturated rings. The molecule has 0 radical (unpaired) electrons. The SMILES string of the molecule is COc1ncnc(NCCCC2CC2)c1N. The Morgan fingerprint density at radius 3 is 3.00 bits per heavy atom. The number of aromatic nitrogens is 2. The summed E-state index contributed by atoms with van der Waals surface area (Å²) in [5.74, 6) is 2.07. The topological polar surface area (TPSA) is 73.1 Å². The monoisotopic (exact) mass is 222 g/mol. The van der Waals surface area contributed by atoms with Gasteiger partial charge in [-0.05, 0) is 18.8 Å². The quantitative estimate of drug-likeness (QED) is 0.716. The lowest BCUT2D eigenvalue weighted by Crippen LogP contribution is -2.08.